The van der Waals surface area contributed by atoms with E-state index in [-0.39, 0.29) is 25.2 Å². The van der Waals surface area contributed by atoms with Gasteiger partial charge in [-0.25, -0.2) is 13.8 Å². The normalized spacial score (nSPS) is 18.5. The van der Waals surface area contributed by atoms with Gasteiger partial charge >= 0.3 is 0 Å². The molecule has 0 saturated heterocycles. The van der Waals surface area contributed by atoms with Gasteiger partial charge in [-0.3, -0.25) is 4.79 Å². The largest absolute Gasteiger partial charge is 0.301 e. The SMILES string of the molecule is Cn1nnc(-c2ccc(C(C(=O)Nc3nc4ccc(Cl)cc4s3)C3CCC(F)(F)C3)cc2)n1. The molecule has 2 unspecified atom stereocenters. The van der Waals surface area contributed by atoms with Crippen molar-refractivity contribution in [2.45, 2.75) is 31.1 Å². The van der Waals surface area contributed by atoms with Crippen LogP contribution in [0.15, 0.2) is 42.5 Å². The lowest BCUT2D eigenvalue weighted by atomic mass is 9.83. The van der Waals surface area contributed by atoms with E-state index in [1.165, 1.54) is 16.1 Å². The van der Waals surface area contributed by atoms with Crippen LogP contribution in [0.25, 0.3) is 21.6 Å². The number of thiazole rings is 1. The smallest absolute Gasteiger partial charge is 0.248 e. The van der Waals surface area contributed by atoms with Gasteiger partial charge in [0.2, 0.25) is 17.7 Å². The predicted molar refractivity (Wildman–Crippen MR) is 123 cm³/mol. The van der Waals surface area contributed by atoms with Crippen LogP contribution in [0.1, 0.15) is 30.7 Å². The number of amides is 1. The number of nitrogens with zero attached hydrogens (tertiary/aromatic N) is 5. The molecule has 7 nitrogen and oxygen atoms in total. The standard InChI is InChI=1S/C22H19ClF2N6OS/c1-31-29-19(28-30-31)13-4-2-12(3-5-13)18(14-8-9-22(24,25)11-14)20(32)27-21-26-16-7-6-15(23)10-17(16)33-21/h2-7,10,14,18H,8-9,11H2,1H3,(H,26,27,32). The van der Waals surface area contributed by atoms with Gasteiger partial charge in [-0.2, -0.15) is 4.80 Å². The summed E-state index contributed by atoms with van der Waals surface area (Å²) in [4.78, 5) is 19.1. The second-order valence-corrected chi connectivity index (χ2v) is 9.65. The van der Waals surface area contributed by atoms with Crippen LogP contribution in [-0.2, 0) is 11.8 Å². The number of benzene rings is 2. The van der Waals surface area contributed by atoms with Crippen LogP contribution in [-0.4, -0.2) is 37.0 Å². The van der Waals surface area contributed by atoms with Crippen LogP contribution >= 0.6 is 22.9 Å². The lowest BCUT2D eigenvalue weighted by Crippen LogP contribution is -2.27. The molecule has 1 aliphatic carbocycles. The molecule has 1 aliphatic rings. The molecule has 170 valence electrons. The van der Waals surface area contributed by atoms with Gasteiger partial charge in [-0.05, 0) is 41.3 Å². The molecule has 11 heteroatoms. The maximum Gasteiger partial charge on any atom is 0.248 e. The van der Waals surface area contributed by atoms with Gasteiger partial charge < -0.3 is 5.32 Å². The summed E-state index contributed by atoms with van der Waals surface area (Å²) in [7, 11) is 1.67. The van der Waals surface area contributed by atoms with Crippen LogP contribution in [0.3, 0.4) is 0 Å². The quantitative estimate of drug-likeness (QED) is 0.412. The van der Waals surface area contributed by atoms with Crippen LogP contribution in [0, 0.1) is 5.92 Å². The summed E-state index contributed by atoms with van der Waals surface area (Å²) in [6.45, 7) is 0. The van der Waals surface area contributed by atoms with E-state index in [0.717, 1.165) is 10.3 Å². The minimum atomic E-state index is -2.76. The molecule has 1 saturated carbocycles. The molecule has 2 aromatic heterocycles. The van der Waals surface area contributed by atoms with Crippen LogP contribution in [0.2, 0.25) is 5.02 Å². The molecule has 2 aromatic carbocycles. The number of hydrogen-bond acceptors (Lipinski definition) is 6. The lowest BCUT2D eigenvalue weighted by Gasteiger charge is -2.23. The average Bonchev–Trinajstić information content (AvgIpc) is 3.46. The lowest BCUT2D eigenvalue weighted by molar-refractivity contribution is -0.118. The van der Waals surface area contributed by atoms with E-state index in [9.17, 15) is 13.6 Å². The number of alkyl halides is 2. The Morgan fingerprint density at radius 1 is 1.27 bits per heavy atom. The molecule has 33 heavy (non-hydrogen) atoms. The molecule has 1 amide bonds. The summed E-state index contributed by atoms with van der Waals surface area (Å²) in [6, 6.07) is 12.4. The van der Waals surface area contributed by atoms with Crippen molar-refractivity contribution in [3.05, 3.63) is 53.1 Å². The number of carbonyl (C=O) groups excluding carboxylic acids is 1. The van der Waals surface area contributed by atoms with E-state index in [1.54, 1.807) is 49.5 Å². The van der Waals surface area contributed by atoms with Crippen molar-refractivity contribution in [3.8, 4) is 11.4 Å². The third-order valence-electron chi connectivity index (χ3n) is 5.81. The molecule has 4 aromatic rings. The number of fused-ring (bicyclic) bond motifs is 1. The first-order valence-electron chi connectivity index (χ1n) is 10.4. The topological polar surface area (TPSA) is 85.6 Å². The predicted octanol–water partition coefficient (Wildman–Crippen LogP) is 5.30. The van der Waals surface area contributed by atoms with Gasteiger partial charge in [0.25, 0.3) is 0 Å². The minimum absolute atomic E-state index is 0.220. The van der Waals surface area contributed by atoms with Crippen LogP contribution < -0.4 is 5.32 Å². The zero-order valence-corrected chi connectivity index (χ0v) is 19.1. The first-order valence-corrected chi connectivity index (χ1v) is 11.6. The van der Waals surface area contributed by atoms with Crippen molar-refractivity contribution in [1.29, 1.82) is 0 Å². The molecule has 0 aliphatic heterocycles. The molecule has 1 fully saturated rings. The molecule has 1 N–H and O–H groups in total. The number of rotatable bonds is 5. The summed E-state index contributed by atoms with van der Waals surface area (Å²) < 4.78 is 28.9. The number of carbonyl (C=O) groups is 1. The van der Waals surface area contributed by atoms with Gasteiger partial charge in [0, 0.05) is 23.4 Å². The highest BCUT2D eigenvalue weighted by molar-refractivity contribution is 7.22. The fraction of sp³-hybridized carbons (Fsp3) is 0.318. The van der Waals surface area contributed by atoms with Crippen LogP contribution in [0.4, 0.5) is 13.9 Å². The van der Waals surface area contributed by atoms with Gasteiger partial charge in [0.05, 0.1) is 23.2 Å². The number of halogens is 3. The number of tetrazole rings is 1. The Bertz CT molecular complexity index is 1320. The van der Waals surface area contributed by atoms with E-state index in [2.05, 4.69) is 25.7 Å². The Balaban J connectivity index is 1.44. The highest BCUT2D eigenvalue weighted by Crippen LogP contribution is 2.46. The Hall–Kier alpha value is -2.98. The molecule has 0 radical (unpaired) electrons. The molecular weight excluding hydrogens is 470 g/mol. The van der Waals surface area contributed by atoms with Crippen molar-refractivity contribution in [3.63, 3.8) is 0 Å². The number of nitrogens with one attached hydrogen (secondary N) is 1. The van der Waals surface area contributed by atoms with Gasteiger partial charge in [-0.15, -0.1) is 10.2 Å². The average molecular weight is 489 g/mol. The number of aromatic nitrogens is 5. The van der Waals surface area contributed by atoms with E-state index in [4.69, 9.17) is 11.6 Å². The summed E-state index contributed by atoms with van der Waals surface area (Å²) in [5.74, 6) is -3.89. The maximum absolute atomic E-state index is 14.0. The Labute approximate surface area is 196 Å². The number of anilines is 1. The summed E-state index contributed by atoms with van der Waals surface area (Å²) >= 11 is 7.34. The number of hydrogen-bond donors (Lipinski definition) is 1. The van der Waals surface area contributed by atoms with Crippen molar-refractivity contribution >= 4 is 44.2 Å². The van der Waals surface area contributed by atoms with E-state index in [1.807, 2.05) is 0 Å². The first kappa shape index (κ1) is 21.8. The Morgan fingerprint density at radius 2 is 2.06 bits per heavy atom. The zero-order valence-electron chi connectivity index (χ0n) is 17.5. The third-order valence-corrected chi connectivity index (χ3v) is 6.98. The van der Waals surface area contributed by atoms with Crippen molar-refractivity contribution in [2.75, 3.05) is 5.32 Å². The van der Waals surface area contributed by atoms with Gasteiger partial charge in [0.15, 0.2) is 5.13 Å². The van der Waals surface area contributed by atoms with E-state index in [0.29, 0.717) is 27.1 Å². The highest BCUT2D eigenvalue weighted by Gasteiger charge is 2.45. The third kappa shape index (κ3) is 4.58. The maximum atomic E-state index is 14.0. The van der Waals surface area contributed by atoms with E-state index >= 15 is 0 Å². The number of aryl methyl sites for hydroxylation is 1. The molecule has 2 heterocycles. The van der Waals surface area contributed by atoms with Gasteiger partial charge in [-0.1, -0.05) is 47.2 Å². The molecular formula is C22H19ClF2N6OS. The second kappa shape index (κ2) is 8.42. The monoisotopic (exact) mass is 488 g/mol. The Morgan fingerprint density at radius 3 is 2.73 bits per heavy atom. The fourth-order valence-corrected chi connectivity index (χ4v) is 5.43. The fourth-order valence-electron chi connectivity index (χ4n) is 4.28. The second-order valence-electron chi connectivity index (χ2n) is 8.18. The van der Waals surface area contributed by atoms with Crippen molar-refractivity contribution in [2.24, 2.45) is 13.0 Å². The minimum Gasteiger partial charge on any atom is -0.301 e. The molecule has 2 atom stereocenters. The summed E-state index contributed by atoms with van der Waals surface area (Å²) in [5.41, 5.74) is 2.10. The van der Waals surface area contributed by atoms with Crippen molar-refractivity contribution < 1.29 is 13.6 Å². The first-order chi connectivity index (χ1) is 15.8. The van der Waals surface area contributed by atoms with E-state index < -0.39 is 17.8 Å². The van der Waals surface area contributed by atoms with Crippen LogP contribution in [0.5, 0.6) is 0 Å². The molecule has 5 rings (SSSR count). The summed E-state index contributed by atoms with van der Waals surface area (Å²) in [6.07, 6.45) is -0.273. The van der Waals surface area contributed by atoms with Crippen molar-refractivity contribution in [1.82, 2.24) is 25.2 Å². The summed E-state index contributed by atoms with van der Waals surface area (Å²) in [5, 5.41) is 15.8. The molecule has 0 bridgehead atoms. The Kier molecular flexibility index (Phi) is 5.57. The highest BCUT2D eigenvalue weighted by atomic mass is 35.5. The molecule has 0 spiro atoms. The zero-order chi connectivity index (χ0) is 23.2. The van der Waals surface area contributed by atoms with Gasteiger partial charge in [0.1, 0.15) is 0 Å².